The van der Waals surface area contributed by atoms with Crippen LogP contribution < -0.4 is 10.6 Å². The molecule has 2 aliphatic rings. The lowest BCUT2D eigenvalue weighted by Gasteiger charge is -2.21. The molecule has 1 aromatic carbocycles. The first-order chi connectivity index (χ1) is 14.7. The molecule has 5 nitrogen and oxygen atoms in total. The second kappa shape index (κ2) is 8.23. The Balaban J connectivity index is 1.74. The van der Waals surface area contributed by atoms with Crippen molar-refractivity contribution in [3.63, 3.8) is 0 Å². The van der Waals surface area contributed by atoms with Crippen molar-refractivity contribution in [1.29, 1.82) is 0 Å². The van der Waals surface area contributed by atoms with Gasteiger partial charge in [-0.1, -0.05) is 13.0 Å². The summed E-state index contributed by atoms with van der Waals surface area (Å²) in [4.78, 5) is 26.5. The molecule has 2 bridgehead atoms. The van der Waals surface area contributed by atoms with Gasteiger partial charge in [0.15, 0.2) is 0 Å². The topological polar surface area (TPSA) is 67.4 Å². The van der Waals surface area contributed by atoms with Crippen molar-refractivity contribution < 1.29 is 31.9 Å². The number of alkyl halides is 3. The van der Waals surface area contributed by atoms with E-state index in [9.17, 15) is 27.2 Å². The predicted molar refractivity (Wildman–Crippen MR) is 107 cm³/mol. The van der Waals surface area contributed by atoms with Crippen LogP contribution in [-0.4, -0.2) is 24.5 Å². The lowest BCUT2D eigenvalue weighted by molar-refractivity contribution is -0.138. The van der Waals surface area contributed by atoms with Crippen LogP contribution in [0.3, 0.4) is 0 Å². The summed E-state index contributed by atoms with van der Waals surface area (Å²) >= 11 is 1.14. The molecule has 0 saturated carbocycles. The molecule has 2 amide bonds. The van der Waals surface area contributed by atoms with Gasteiger partial charge in [-0.3, -0.25) is 9.59 Å². The second-order valence-corrected chi connectivity index (χ2v) is 8.65. The number of thiophene rings is 1. The molecule has 0 spiro atoms. The molecule has 2 atom stereocenters. The van der Waals surface area contributed by atoms with Gasteiger partial charge in [-0.2, -0.15) is 13.2 Å². The number of carbonyl (C=O) groups excluding carboxylic acids is 2. The zero-order valence-corrected chi connectivity index (χ0v) is 17.4. The molecule has 0 radical (unpaired) electrons. The Kier molecular flexibility index (Phi) is 5.78. The van der Waals surface area contributed by atoms with Crippen molar-refractivity contribution in [2.75, 3.05) is 11.9 Å². The monoisotopic (exact) mass is 456 g/mol. The summed E-state index contributed by atoms with van der Waals surface area (Å²) < 4.78 is 60.2. The first-order valence-electron chi connectivity index (χ1n) is 9.97. The summed E-state index contributed by atoms with van der Waals surface area (Å²) in [5.41, 5.74) is -1.60. The van der Waals surface area contributed by atoms with Crippen molar-refractivity contribution in [3.05, 3.63) is 51.1 Å². The molecule has 1 saturated heterocycles. The lowest BCUT2D eigenvalue weighted by Crippen LogP contribution is -2.28. The van der Waals surface area contributed by atoms with Gasteiger partial charge >= 0.3 is 6.18 Å². The number of anilines is 1. The van der Waals surface area contributed by atoms with E-state index >= 15 is 0 Å². The van der Waals surface area contributed by atoms with E-state index in [-0.39, 0.29) is 22.8 Å². The SMILES string of the molecule is CCCNC(=O)c1c(NC(=O)c2c(F)cccc2C(F)(F)F)sc2c1C1CCC(C2)O1. The van der Waals surface area contributed by atoms with Crippen LogP contribution in [0.15, 0.2) is 18.2 Å². The maximum atomic E-state index is 14.3. The molecule has 10 heteroatoms. The number of fused-ring (bicyclic) bond motifs is 4. The number of hydrogen-bond donors (Lipinski definition) is 2. The van der Waals surface area contributed by atoms with Gasteiger partial charge in [0.25, 0.3) is 11.8 Å². The Morgan fingerprint density at radius 3 is 2.68 bits per heavy atom. The van der Waals surface area contributed by atoms with Crippen molar-refractivity contribution in [2.24, 2.45) is 0 Å². The van der Waals surface area contributed by atoms with E-state index in [0.717, 1.165) is 41.2 Å². The van der Waals surface area contributed by atoms with Crippen molar-refractivity contribution in [3.8, 4) is 0 Å². The first-order valence-corrected chi connectivity index (χ1v) is 10.8. The molecule has 3 heterocycles. The Labute approximate surface area is 179 Å². The van der Waals surface area contributed by atoms with Gasteiger partial charge in [0, 0.05) is 23.4 Å². The minimum atomic E-state index is -4.90. The number of carbonyl (C=O) groups is 2. The zero-order chi connectivity index (χ0) is 22.3. The van der Waals surface area contributed by atoms with E-state index in [1.807, 2.05) is 6.92 Å². The number of hydrogen-bond acceptors (Lipinski definition) is 4. The first kappa shape index (κ1) is 21.8. The molecule has 2 N–H and O–H groups in total. The second-order valence-electron chi connectivity index (χ2n) is 7.54. The summed E-state index contributed by atoms with van der Waals surface area (Å²) in [7, 11) is 0. The summed E-state index contributed by atoms with van der Waals surface area (Å²) in [6, 6.07) is 2.35. The maximum Gasteiger partial charge on any atom is 0.417 e. The zero-order valence-electron chi connectivity index (χ0n) is 16.6. The van der Waals surface area contributed by atoms with E-state index < -0.39 is 34.9 Å². The van der Waals surface area contributed by atoms with Crippen LogP contribution in [0, 0.1) is 5.82 Å². The van der Waals surface area contributed by atoms with Crippen LogP contribution in [-0.2, 0) is 17.3 Å². The fourth-order valence-electron chi connectivity index (χ4n) is 4.06. The average Bonchev–Trinajstić information content (AvgIpc) is 3.26. The predicted octanol–water partition coefficient (Wildman–Crippen LogP) is 5.07. The van der Waals surface area contributed by atoms with E-state index in [0.29, 0.717) is 31.0 Å². The van der Waals surface area contributed by atoms with Gasteiger partial charge in [-0.15, -0.1) is 11.3 Å². The standard InChI is InChI=1S/C21H20F4N2O3S/c1-2-8-26-18(28)17-16-13-7-6-10(30-13)9-14(16)31-20(17)27-19(29)15-11(21(23,24)25)4-3-5-12(15)22/h3-5,10,13H,2,6-9H2,1H3,(H,26,28)(H,27,29). The number of nitrogens with one attached hydrogen (secondary N) is 2. The summed E-state index contributed by atoms with van der Waals surface area (Å²) in [6.07, 6.45) is -2.35. The van der Waals surface area contributed by atoms with E-state index in [1.54, 1.807) is 0 Å². The van der Waals surface area contributed by atoms with Gasteiger partial charge in [0.2, 0.25) is 0 Å². The van der Waals surface area contributed by atoms with Gasteiger partial charge in [-0.05, 0) is 31.4 Å². The molecule has 1 aromatic heterocycles. The Morgan fingerprint density at radius 1 is 1.19 bits per heavy atom. The summed E-state index contributed by atoms with van der Waals surface area (Å²) in [5.74, 6) is -2.97. The van der Waals surface area contributed by atoms with E-state index in [4.69, 9.17) is 4.74 Å². The van der Waals surface area contributed by atoms with Crippen molar-refractivity contribution >= 4 is 28.2 Å². The van der Waals surface area contributed by atoms with Crippen LogP contribution >= 0.6 is 11.3 Å². The molecule has 31 heavy (non-hydrogen) atoms. The number of benzene rings is 1. The highest BCUT2D eigenvalue weighted by molar-refractivity contribution is 7.17. The minimum absolute atomic E-state index is 0.0228. The third-order valence-corrected chi connectivity index (χ3v) is 6.54. The minimum Gasteiger partial charge on any atom is -0.370 e. The molecule has 2 unspecified atom stereocenters. The van der Waals surface area contributed by atoms with Crippen LogP contribution in [0.25, 0.3) is 0 Å². The maximum absolute atomic E-state index is 14.3. The quantitative estimate of drug-likeness (QED) is 0.617. The highest BCUT2D eigenvalue weighted by Crippen LogP contribution is 2.49. The van der Waals surface area contributed by atoms with Gasteiger partial charge < -0.3 is 15.4 Å². The van der Waals surface area contributed by atoms with Crippen molar-refractivity contribution in [1.82, 2.24) is 5.32 Å². The Bertz CT molecular complexity index is 1030. The Hall–Kier alpha value is -2.46. The lowest BCUT2D eigenvalue weighted by atomic mass is 10.0. The van der Waals surface area contributed by atoms with Crippen LogP contribution in [0.4, 0.5) is 22.6 Å². The van der Waals surface area contributed by atoms with Gasteiger partial charge in [0.05, 0.1) is 28.9 Å². The fourth-order valence-corrected chi connectivity index (χ4v) is 5.36. The average molecular weight is 456 g/mol. The van der Waals surface area contributed by atoms with Crippen LogP contribution in [0.2, 0.25) is 0 Å². The molecule has 4 rings (SSSR count). The normalized spacial score (nSPS) is 19.8. The third-order valence-electron chi connectivity index (χ3n) is 5.40. The molecular formula is C21H20F4N2O3S. The number of amides is 2. The number of halogens is 4. The molecule has 166 valence electrons. The molecule has 2 aromatic rings. The highest BCUT2D eigenvalue weighted by Gasteiger charge is 2.41. The third kappa shape index (κ3) is 4.06. The van der Waals surface area contributed by atoms with Crippen LogP contribution in [0.5, 0.6) is 0 Å². The highest BCUT2D eigenvalue weighted by atomic mass is 32.1. The number of rotatable bonds is 5. The van der Waals surface area contributed by atoms with Gasteiger partial charge in [-0.25, -0.2) is 4.39 Å². The number of ether oxygens (including phenoxy) is 1. The summed E-state index contributed by atoms with van der Waals surface area (Å²) in [5, 5.41) is 5.24. The molecule has 2 aliphatic heterocycles. The van der Waals surface area contributed by atoms with E-state index in [2.05, 4.69) is 10.6 Å². The smallest absolute Gasteiger partial charge is 0.370 e. The Morgan fingerprint density at radius 2 is 1.97 bits per heavy atom. The van der Waals surface area contributed by atoms with E-state index in [1.165, 1.54) is 0 Å². The molecular weight excluding hydrogens is 436 g/mol. The van der Waals surface area contributed by atoms with Gasteiger partial charge in [0.1, 0.15) is 10.8 Å². The van der Waals surface area contributed by atoms with Crippen molar-refractivity contribution in [2.45, 2.75) is 51.0 Å². The fraction of sp³-hybridized carbons (Fsp3) is 0.429. The summed E-state index contributed by atoms with van der Waals surface area (Å²) in [6.45, 7) is 2.28. The largest absolute Gasteiger partial charge is 0.417 e. The molecule has 1 fully saturated rings. The van der Waals surface area contributed by atoms with Crippen LogP contribution in [0.1, 0.15) is 69.0 Å². The molecule has 0 aliphatic carbocycles.